The van der Waals surface area contributed by atoms with Crippen molar-refractivity contribution in [2.75, 3.05) is 31.3 Å². The molecule has 2 rings (SSSR count). The summed E-state index contributed by atoms with van der Waals surface area (Å²) in [6.45, 7) is 1.39. The minimum Gasteiger partial charge on any atom is -0.397 e. The predicted octanol–water partition coefficient (Wildman–Crippen LogP) is 1.88. The first-order valence-electron chi connectivity index (χ1n) is 5.19. The highest BCUT2D eigenvalue weighted by Crippen LogP contribution is 2.20. The molecule has 0 amide bonds. The van der Waals surface area contributed by atoms with Gasteiger partial charge in [-0.1, -0.05) is 12.1 Å². The zero-order valence-electron chi connectivity index (χ0n) is 9.23. The van der Waals surface area contributed by atoms with Crippen molar-refractivity contribution >= 4 is 22.4 Å². The first-order valence-corrected chi connectivity index (χ1v) is 5.19. The standard InChI is InChI=1S/C12H15N3O/c1-16-8-7-14-11-6-5-9-3-2-4-10(13)12(9)15-11/h2-6H,7-8,13H2,1H3,(H,14,15). The molecule has 0 bridgehead atoms. The number of ether oxygens (including phenoxy) is 1. The molecule has 1 aromatic carbocycles. The molecule has 0 saturated carbocycles. The van der Waals surface area contributed by atoms with Crippen molar-refractivity contribution in [1.29, 1.82) is 0 Å². The Balaban J connectivity index is 2.25. The lowest BCUT2D eigenvalue weighted by molar-refractivity contribution is 0.210. The second kappa shape index (κ2) is 4.81. The van der Waals surface area contributed by atoms with E-state index in [0.29, 0.717) is 12.3 Å². The molecule has 0 aliphatic heterocycles. The molecule has 0 saturated heterocycles. The van der Waals surface area contributed by atoms with E-state index in [0.717, 1.165) is 23.3 Å². The van der Waals surface area contributed by atoms with E-state index < -0.39 is 0 Å². The fraction of sp³-hybridized carbons (Fsp3) is 0.250. The predicted molar refractivity (Wildman–Crippen MR) is 66.5 cm³/mol. The Morgan fingerprint density at radius 3 is 3.00 bits per heavy atom. The molecule has 1 heterocycles. The number of hydrogen-bond donors (Lipinski definition) is 2. The molecule has 0 spiro atoms. The van der Waals surface area contributed by atoms with E-state index in [9.17, 15) is 0 Å². The second-order valence-corrected chi connectivity index (χ2v) is 3.54. The van der Waals surface area contributed by atoms with Gasteiger partial charge in [-0.25, -0.2) is 4.98 Å². The second-order valence-electron chi connectivity index (χ2n) is 3.54. The van der Waals surface area contributed by atoms with Gasteiger partial charge in [-0.2, -0.15) is 0 Å². The molecule has 0 unspecified atom stereocenters. The summed E-state index contributed by atoms with van der Waals surface area (Å²) in [5.74, 6) is 0.822. The number of anilines is 2. The lowest BCUT2D eigenvalue weighted by Gasteiger charge is -2.07. The highest BCUT2D eigenvalue weighted by Gasteiger charge is 2.00. The van der Waals surface area contributed by atoms with E-state index >= 15 is 0 Å². The Labute approximate surface area is 94.4 Å². The van der Waals surface area contributed by atoms with Gasteiger partial charge in [-0.15, -0.1) is 0 Å². The molecule has 3 N–H and O–H groups in total. The van der Waals surface area contributed by atoms with E-state index in [2.05, 4.69) is 10.3 Å². The summed E-state index contributed by atoms with van der Waals surface area (Å²) in [5, 5.41) is 4.23. The van der Waals surface area contributed by atoms with Crippen molar-refractivity contribution in [1.82, 2.24) is 4.98 Å². The van der Waals surface area contributed by atoms with Gasteiger partial charge in [0.05, 0.1) is 17.8 Å². The number of nitrogens with one attached hydrogen (secondary N) is 1. The van der Waals surface area contributed by atoms with Gasteiger partial charge >= 0.3 is 0 Å². The molecule has 0 aliphatic rings. The van der Waals surface area contributed by atoms with Gasteiger partial charge < -0.3 is 15.8 Å². The largest absolute Gasteiger partial charge is 0.397 e. The number of rotatable bonds is 4. The van der Waals surface area contributed by atoms with Crippen LogP contribution in [0.5, 0.6) is 0 Å². The Morgan fingerprint density at radius 2 is 2.19 bits per heavy atom. The number of pyridine rings is 1. The maximum absolute atomic E-state index is 5.86. The molecule has 2 aromatic rings. The van der Waals surface area contributed by atoms with Crippen LogP contribution in [-0.4, -0.2) is 25.2 Å². The number of fused-ring (bicyclic) bond motifs is 1. The summed E-state index contributed by atoms with van der Waals surface area (Å²) >= 11 is 0. The van der Waals surface area contributed by atoms with E-state index in [1.807, 2.05) is 30.3 Å². The maximum Gasteiger partial charge on any atom is 0.126 e. The number of nitrogen functional groups attached to an aromatic ring is 1. The minimum atomic E-state index is 0.657. The van der Waals surface area contributed by atoms with Crippen LogP contribution < -0.4 is 11.1 Å². The topological polar surface area (TPSA) is 60.2 Å². The molecule has 4 nitrogen and oxygen atoms in total. The van der Waals surface area contributed by atoms with Gasteiger partial charge in [0, 0.05) is 19.0 Å². The maximum atomic E-state index is 5.86. The van der Waals surface area contributed by atoms with Crippen LogP contribution in [0.2, 0.25) is 0 Å². The average molecular weight is 217 g/mol. The number of nitrogens with two attached hydrogens (primary N) is 1. The first-order chi connectivity index (χ1) is 7.81. The number of benzene rings is 1. The van der Waals surface area contributed by atoms with Gasteiger partial charge in [-0.3, -0.25) is 0 Å². The van der Waals surface area contributed by atoms with Crippen molar-refractivity contribution in [3.8, 4) is 0 Å². The zero-order valence-corrected chi connectivity index (χ0v) is 9.23. The third kappa shape index (κ3) is 2.23. The van der Waals surface area contributed by atoms with Gasteiger partial charge in [0.2, 0.25) is 0 Å². The van der Waals surface area contributed by atoms with Crippen molar-refractivity contribution < 1.29 is 4.74 Å². The molecule has 0 aliphatic carbocycles. The Hall–Kier alpha value is -1.81. The summed E-state index contributed by atoms with van der Waals surface area (Å²) in [6.07, 6.45) is 0. The highest BCUT2D eigenvalue weighted by atomic mass is 16.5. The SMILES string of the molecule is COCCNc1ccc2cccc(N)c2n1. The van der Waals surface area contributed by atoms with Crippen LogP contribution in [0.1, 0.15) is 0 Å². The summed E-state index contributed by atoms with van der Waals surface area (Å²) in [4.78, 5) is 4.45. The first kappa shape index (κ1) is 10.7. The zero-order chi connectivity index (χ0) is 11.4. The van der Waals surface area contributed by atoms with Gasteiger partial charge in [-0.05, 0) is 18.2 Å². The summed E-state index contributed by atoms with van der Waals surface area (Å²) in [6, 6.07) is 9.73. The van der Waals surface area contributed by atoms with Crippen LogP contribution >= 0.6 is 0 Å². The van der Waals surface area contributed by atoms with E-state index in [1.165, 1.54) is 0 Å². The number of para-hydroxylation sites is 1. The fourth-order valence-corrected chi connectivity index (χ4v) is 1.55. The molecule has 84 valence electrons. The summed E-state index contributed by atoms with van der Waals surface area (Å²) in [7, 11) is 1.67. The highest BCUT2D eigenvalue weighted by molar-refractivity contribution is 5.90. The van der Waals surface area contributed by atoms with Crippen LogP contribution in [0.25, 0.3) is 10.9 Å². The number of hydrogen-bond acceptors (Lipinski definition) is 4. The Bertz CT molecular complexity index is 485. The number of nitrogens with zero attached hydrogens (tertiary/aromatic N) is 1. The monoisotopic (exact) mass is 217 g/mol. The quantitative estimate of drug-likeness (QED) is 0.606. The third-order valence-electron chi connectivity index (χ3n) is 2.36. The van der Waals surface area contributed by atoms with E-state index in [-0.39, 0.29) is 0 Å². The average Bonchev–Trinajstić information content (AvgIpc) is 2.30. The Kier molecular flexibility index (Phi) is 3.22. The molecular formula is C12H15N3O. The summed E-state index contributed by atoms with van der Waals surface area (Å²) in [5.41, 5.74) is 7.40. The number of methoxy groups -OCH3 is 1. The van der Waals surface area contributed by atoms with Gasteiger partial charge in [0.15, 0.2) is 0 Å². The molecule has 1 aromatic heterocycles. The van der Waals surface area contributed by atoms with E-state index in [1.54, 1.807) is 7.11 Å². The van der Waals surface area contributed by atoms with Crippen LogP contribution in [-0.2, 0) is 4.74 Å². The lowest BCUT2D eigenvalue weighted by Crippen LogP contribution is -2.08. The minimum absolute atomic E-state index is 0.657. The van der Waals surface area contributed by atoms with Crippen LogP contribution in [0, 0.1) is 0 Å². The van der Waals surface area contributed by atoms with E-state index in [4.69, 9.17) is 10.5 Å². The Morgan fingerprint density at radius 1 is 1.31 bits per heavy atom. The van der Waals surface area contributed by atoms with Crippen molar-refractivity contribution in [3.05, 3.63) is 30.3 Å². The van der Waals surface area contributed by atoms with Crippen molar-refractivity contribution in [2.45, 2.75) is 0 Å². The van der Waals surface area contributed by atoms with Crippen LogP contribution in [0.4, 0.5) is 11.5 Å². The van der Waals surface area contributed by atoms with Gasteiger partial charge in [0.1, 0.15) is 5.82 Å². The lowest BCUT2D eigenvalue weighted by atomic mass is 10.2. The fourth-order valence-electron chi connectivity index (χ4n) is 1.55. The molecule has 4 heteroatoms. The molecule has 0 fully saturated rings. The smallest absolute Gasteiger partial charge is 0.126 e. The van der Waals surface area contributed by atoms with Crippen LogP contribution in [0.15, 0.2) is 30.3 Å². The molecular weight excluding hydrogens is 202 g/mol. The van der Waals surface area contributed by atoms with Crippen LogP contribution in [0.3, 0.4) is 0 Å². The normalized spacial score (nSPS) is 10.6. The third-order valence-corrected chi connectivity index (χ3v) is 2.36. The molecule has 0 radical (unpaired) electrons. The van der Waals surface area contributed by atoms with Crippen molar-refractivity contribution in [3.63, 3.8) is 0 Å². The molecule has 0 atom stereocenters. The molecule has 16 heavy (non-hydrogen) atoms. The van der Waals surface area contributed by atoms with Crippen molar-refractivity contribution in [2.24, 2.45) is 0 Å². The summed E-state index contributed by atoms with van der Waals surface area (Å²) < 4.78 is 4.96. The van der Waals surface area contributed by atoms with Gasteiger partial charge in [0.25, 0.3) is 0 Å². The number of aromatic nitrogens is 1.